The molecule has 25 heavy (non-hydrogen) atoms. The molecule has 0 saturated heterocycles. The third-order valence-electron chi connectivity index (χ3n) is 2.73. The monoisotopic (exact) mass is 407 g/mol. The van der Waals surface area contributed by atoms with Crippen LogP contribution in [-0.2, 0) is 14.3 Å². The largest absolute Gasteiger partial charge is 0.484 e. The van der Waals surface area contributed by atoms with Crippen molar-refractivity contribution in [2.24, 2.45) is 0 Å². The summed E-state index contributed by atoms with van der Waals surface area (Å²) < 4.78 is 10.9. The van der Waals surface area contributed by atoms with Crippen LogP contribution in [0, 0.1) is 0 Å². The summed E-state index contributed by atoms with van der Waals surface area (Å²) in [6.45, 7) is -0.834. The van der Waals surface area contributed by atoms with Crippen molar-refractivity contribution in [2.75, 3.05) is 13.2 Å². The van der Waals surface area contributed by atoms with Crippen molar-refractivity contribution in [3.63, 3.8) is 0 Å². The van der Waals surface area contributed by atoms with Gasteiger partial charge >= 0.3 is 5.97 Å². The summed E-state index contributed by atoms with van der Waals surface area (Å²) in [6, 6.07) is 11.6. The molecule has 1 aromatic heterocycles. The van der Waals surface area contributed by atoms with E-state index in [1.165, 1.54) is 12.3 Å². The van der Waals surface area contributed by atoms with Crippen LogP contribution in [0.3, 0.4) is 0 Å². The number of carbonyl (C=O) groups excluding carboxylic acids is 3. The van der Waals surface area contributed by atoms with Crippen LogP contribution in [0.2, 0.25) is 0 Å². The van der Waals surface area contributed by atoms with Gasteiger partial charge in [0.1, 0.15) is 11.4 Å². The Morgan fingerprint density at radius 3 is 2.28 bits per heavy atom. The maximum atomic E-state index is 11.6. The van der Waals surface area contributed by atoms with Crippen molar-refractivity contribution >= 4 is 33.7 Å². The van der Waals surface area contributed by atoms with Crippen LogP contribution in [0.4, 0.5) is 0 Å². The summed E-state index contributed by atoms with van der Waals surface area (Å²) in [4.78, 5) is 38.5. The van der Waals surface area contributed by atoms with Crippen LogP contribution in [0.1, 0.15) is 10.5 Å². The van der Waals surface area contributed by atoms with Crippen molar-refractivity contribution in [1.82, 2.24) is 15.8 Å². The third-order valence-corrected chi connectivity index (χ3v) is 3.26. The highest BCUT2D eigenvalue weighted by Crippen LogP contribution is 2.15. The minimum atomic E-state index is -0.736. The smallest absolute Gasteiger partial charge is 0.357 e. The number of pyridine rings is 1. The quantitative estimate of drug-likeness (QED) is 0.550. The number of carbonyl (C=O) groups is 3. The number of ether oxygens (including phenoxy) is 2. The van der Waals surface area contributed by atoms with Crippen LogP contribution in [0.15, 0.2) is 53.1 Å². The summed E-state index contributed by atoms with van der Waals surface area (Å²) in [7, 11) is 0. The molecule has 2 N–H and O–H groups in total. The summed E-state index contributed by atoms with van der Waals surface area (Å²) in [6.07, 6.45) is 1.43. The molecule has 0 aliphatic rings. The number of nitrogens with zero attached hydrogens (tertiary/aromatic N) is 1. The molecule has 0 radical (unpaired) electrons. The number of hydrazine groups is 1. The molecule has 0 atom stereocenters. The van der Waals surface area contributed by atoms with E-state index in [-0.39, 0.29) is 12.3 Å². The van der Waals surface area contributed by atoms with Gasteiger partial charge in [0.05, 0.1) is 0 Å². The minimum Gasteiger partial charge on any atom is -0.484 e. The van der Waals surface area contributed by atoms with Crippen LogP contribution >= 0.6 is 15.9 Å². The normalized spacial score (nSPS) is 9.80. The fourth-order valence-corrected chi connectivity index (χ4v) is 1.84. The topological polar surface area (TPSA) is 107 Å². The van der Waals surface area contributed by atoms with E-state index in [2.05, 4.69) is 31.8 Å². The average Bonchev–Trinajstić information content (AvgIpc) is 2.64. The van der Waals surface area contributed by atoms with Crippen LogP contribution < -0.4 is 15.6 Å². The molecule has 130 valence electrons. The molecule has 2 amide bonds. The van der Waals surface area contributed by atoms with Gasteiger partial charge in [-0.2, -0.15) is 0 Å². The molecule has 0 spiro atoms. The standard InChI is InChI=1S/C16H14BrN3O5/c17-11-4-6-12(7-5-11)24-9-14(21)19-20-15(22)10-25-16(23)13-3-1-2-8-18-13/h1-8H,9-10H2,(H,19,21)(H,20,22). The van der Waals surface area contributed by atoms with Gasteiger partial charge in [0.2, 0.25) is 0 Å². The SMILES string of the molecule is O=C(COC(=O)c1ccccn1)NNC(=O)COc1ccc(Br)cc1. The first kappa shape index (κ1) is 18.4. The Balaban J connectivity index is 1.64. The lowest BCUT2D eigenvalue weighted by molar-refractivity contribution is -0.131. The molecular formula is C16H14BrN3O5. The zero-order chi connectivity index (χ0) is 18.1. The molecule has 0 unspecified atom stereocenters. The molecule has 2 aromatic rings. The van der Waals surface area contributed by atoms with Gasteiger partial charge in [-0.25, -0.2) is 9.78 Å². The van der Waals surface area contributed by atoms with Crippen LogP contribution in [0.5, 0.6) is 5.75 Å². The van der Waals surface area contributed by atoms with E-state index in [0.717, 1.165) is 4.47 Å². The summed E-state index contributed by atoms with van der Waals surface area (Å²) in [5.41, 5.74) is 4.34. The molecule has 1 aromatic carbocycles. The number of amides is 2. The van der Waals surface area contributed by atoms with E-state index in [1.54, 1.807) is 36.4 Å². The molecule has 0 fully saturated rings. The molecule has 0 bridgehead atoms. The Hall–Kier alpha value is -2.94. The highest BCUT2D eigenvalue weighted by atomic mass is 79.9. The van der Waals surface area contributed by atoms with E-state index >= 15 is 0 Å². The second-order valence-corrected chi connectivity index (χ2v) is 5.55. The summed E-state index contributed by atoms with van der Waals surface area (Å²) >= 11 is 3.28. The predicted octanol–water partition coefficient (Wildman–Crippen LogP) is 1.23. The van der Waals surface area contributed by atoms with Crippen LogP contribution in [-0.4, -0.2) is 36.0 Å². The highest BCUT2D eigenvalue weighted by Gasteiger charge is 2.11. The number of aromatic nitrogens is 1. The summed E-state index contributed by atoms with van der Waals surface area (Å²) in [5, 5.41) is 0. The van der Waals surface area contributed by atoms with E-state index in [1.807, 2.05) is 0 Å². The number of benzene rings is 1. The van der Waals surface area contributed by atoms with E-state index in [9.17, 15) is 14.4 Å². The molecule has 0 aliphatic carbocycles. The van der Waals surface area contributed by atoms with Crippen LogP contribution in [0.25, 0.3) is 0 Å². The zero-order valence-electron chi connectivity index (χ0n) is 12.9. The predicted molar refractivity (Wildman–Crippen MR) is 90.4 cm³/mol. The Kier molecular flexibility index (Phi) is 6.90. The first-order chi connectivity index (χ1) is 12.0. The van der Waals surface area contributed by atoms with Crippen molar-refractivity contribution < 1.29 is 23.9 Å². The number of hydrogen-bond donors (Lipinski definition) is 2. The van der Waals surface area contributed by atoms with Crippen molar-refractivity contribution in [1.29, 1.82) is 0 Å². The van der Waals surface area contributed by atoms with Crippen molar-refractivity contribution in [2.45, 2.75) is 0 Å². The number of rotatable bonds is 6. The molecular weight excluding hydrogens is 394 g/mol. The van der Waals surface area contributed by atoms with Gasteiger partial charge < -0.3 is 9.47 Å². The van der Waals surface area contributed by atoms with Gasteiger partial charge in [-0.15, -0.1) is 0 Å². The lowest BCUT2D eigenvalue weighted by Crippen LogP contribution is -2.45. The molecule has 0 aliphatic heterocycles. The Morgan fingerprint density at radius 2 is 1.64 bits per heavy atom. The second kappa shape index (κ2) is 9.38. The fourth-order valence-electron chi connectivity index (χ4n) is 1.58. The third kappa shape index (κ3) is 6.60. The first-order valence-electron chi connectivity index (χ1n) is 7.09. The van der Waals surface area contributed by atoms with E-state index in [4.69, 9.17) is 9.47 Å². The zero-order valence-corrected chi connectivity index (χ0v) is 14.5. The van der Waals surface area contributed by atoms with Gasteiger partial charge in [-0.3, -0.25) is 20.4 Å². The van der Waals surface area contributed by atoms with Gasteiger partial charge in [-0.1, -0.05) is 22.0 Å². The Morgan fingerprint density at radius 1 is 0.960 bits per heavy atom. The first-order valence-corrected chi connectivity index (χ1v) is 7.88. The molecule has 0 saturated carbocycles. The van der Waals surface area contributed by atoms with Gasteiger partial charge in [0, 0.05) is 10.7 Å². The van der Waals surface area contributed by atoms with Crippen molar-refractivity contribution in [3.05, 3.63) is 58.8 Å². The van der Waals surface area contributed by atoms with Crippen molar-refractivity contribution in [3.8, 4) is 5.75 Å². The number of esters is 1. The van der Waals surface area contributed by atoms with E-state index in [0.29, 0.717) is 5.75 Å². The fraction of sp³-hybridized carbons (Fsp3) is 0.125. The molecule has 9 heteroatoms. The maximum Gasteiger partial charge on any atom is 0.357 e. The highest BCUT2D eigenvalue weighted by molar-refractivity contribution is 9.10. The maximum absolute atomic E-state index is 11.6. The number of hydrogen-bond acceptors (Lipinski definition) is 6. The number of nitrogens with one attached hydrogen (secondary N) is 2. The van der Waals surface area contributed by atoms with E-state index < -0.39 is 24.4 Å². The van der Waals surface area contributed by atoms with Gasteiger partial charge in [-0.05, 0) is 36.4 Å². The minimum absolute atomic E-state index is 0.0854. The molecule has 8 nitrogen and oxygen atoms in total. The second-order valence-electron chi connectivity index (χ2n) is 4.63. The summed E-state index contributed by atoms with van der Waals surface area (Å²) in [5.74, 6) is -1.48. The average molecular weight is 408 g/mol. The molecule has 2 rings (SSSR count). The molecule has 1 heterocycles. The number of halogens is 1. The Labute approximate surface area is 151 Å². The van der Waals surface area contributed by atoms with Gasteiger partial charge in [0.25, 0.3) is 11.8 Å². The van der Waals surface area contributed by atoms with Gasteiger partial charge in [0.15, 0.2) is 13.2 Å². The Bertz CT molecular complexity index is 737. The lowest BCUT2D eigenvalue weighted by Gasteiger charge is -2.09. The lowest BCUT2D eigenvalue weighted by atomic mass is 10.3.